The minimum Gasteiger partial charge on any atom is -0.459 e. The minimum absolute atomic E-state index is 0.00145. The number of aliphatic hydroxyl groups excluding tert-OH is 1. The van der Waals surface area contributed by atoms with Gasteiger partial charge in [0.2, 0.25) is 0 Å². The molecule has 26 heteroatoms. The van der Waals surface area contributed by atoms with E-state index in [1.165, 1.54) is 133 Å². The molecule has 26 nitrogen and oxygen atoms in total. The Balaban J connectivity index is 1.01. The number of hydrogen-bond acceptors (Lipinski definition) is 26. The number of esters is 10. The Bertz CT molecular complexity index is 4230. The van der Waals surface area contributed by atoms with E-state index in [9.17, 15) is 53.1 Å². The van der Waals surface area contributed by atoms with Gasteiger partial charge in [-0.25, -0.2) is 38.4 Å². The van der Waals surface area contributed by atoms with Gasteiger partial charge in [-0.3, -0.25) is 9.59 Å². The largest absolute Gasteiger partial charge is 0.459 e. The molecule has 3 aliphatic rings. The highest BCUT2D eigenvalue weighted by molar-refractivity contribution is 5.94. The summed E-state index contributed by atoms with van der Waals surface area (Å²) in [5.41, 5.74) is -0.105. The maximum atomic E-state index is 14.7. The summed E-state index contributed by atoms with van der Waals surface area (Å²) < 4.78 is 93.6. The Labute approximate surface area is 594 Å². The summed E-state index contributed by atoms with van der Waals surface area (Å²) in [6.45, 7) is -0.673. The summed E-state index contributed by atoms with van der Waals surface area (Å²) in [5.74, 6) is -10.3. The number of ether oxygens (including phenoxy) is 15. The third-order valence-electron chi connectivity index (χ3n) is 16.4. The van der Waals surface area contributed by atoms with Crippen LogP contribution >= 0.6 is 0 Å². The van der Waals surface area contributed by atoms with Crippen molar-refractivity contribution < 1.29 is 124 Å². The predicted octanol–water partition coefficient (Wildman–Crippen LogP) is 8.49. The van der Waals surface area contributed by atoms with Crippen LogP contribution in [0.1, 0.15) is 96.7 Å². The lowest BCUT2D eigenvalue weighted by molar-refractivity contribution is -0.361. The Morgan fingerprint density at radius 1 is 0.269 bits per heavy atom. The van der Waals surface area contributed by atoms with Crippen LogP contribution in [0.3, 0.4) is 0 Å². The molecule has 8 aromatic rings. The monoisotopic (exact) mass is 1420 g/mol. The zero-order valence-corrected chi connectivity index (χ0v) is 55.5. The van der Waals surface area contributed by atoms with Crippen LogP contribution in [0.15, 0.2) is 243 Å². The van der Waals surface area contributed by atoms with Gasteiger partial charge in [-0.1, -0.05) is 146 Å². The molecule has 3 heterocycles. The molecule has 0 aromatic heterocycles. The van der Waals surface area contributed by atoms with Crippen LogP contribution in [0.2, 0.25) is 0 Å². The number of carbonyl (C=O) groups excluding carboxylic acids is 10. The number of benzene rings is 8. The number of rotatable bonds is 25. The molecule has 0 spiro atoms. The van der Waals surface area contributed by atoms with Gasteiger partial charge in [-0.05, 0) is 97.1 Å². The molecule has 0 bridgehead atoms. The first kappa shape index (κ1) is 73.4. The highest BCUT2D eigenvalue weighted by atomic mass is 16.8. The van der Waals surface area contributed by atoms with Crippen LogP contribution in [0, 0.1) is 0 Å². The van der Waals surface area contributed by atoms with Crippen LogP contribution in [0.25, 0.3) is 0 Å². The van der Waals surface area contributed by atoms with E-state index in [1.54, 1.807) is 109 Å². The fourth-order valence-corrected chi connectivity index (χ4v) is 11.5. The molecule has 8 aromatic carbocycles. The SMILES string of the molecule is CC(=O)OC1C(OC2OC(COC(=O)c3ccccc3)C(OC(=O)c3ccccc3)C(OC(=O)c3ccccc3)C2OC(=O)c2ccccc2)[C@H](OC(C)=O)C(COC2OC(COC(=O)c3ccccc3)C(OC(=O)c3ccccc3)C(OC(=O)c3ccccc3)C2OC(=O)c2ccccc2)O[C@@H]1O. The first-order valence-corrected chi connectivity index (χ1v) is 32.7. The summed E-state index contributed by atoms with van der Waals surface area (Å²) in [7, 11) is 0. The smallest absolute Gasteiger partial charge is 0.338 e. The zero-order valence-electron chi connectivity index (χ0n) is 55.5. The fourth-order valence-electron chi connectivity index (χ4n) is 11.5. The second-order valence-corrected chi connectivity index (χ2v) is 23.6. The molecule has 1 N–H and O–H groups in total. The van der Waals surface area contributed by atoms with E-state index in [-0.39, 0.29) is 44.5 Å². The van der Waals surface area contributed by atoms with Gasteiger partial charge in [0, 0.05) is 13.8 Å². The number of aliphatic hydroxyl groups is 1. The van der Waals surface area contributed by atoms with Gasteiger partial charge in [-0.2, -0.15) is 0 Å². The van der Waals surface area contributed by atoms with Crippen LogP contribution in [-0.4, -0.2) is 177 Å². The topological polar surface area (TPSA) is 329 Å². The Morgan fingerprint density at radius 2 is 0.510 bits per heavy atom. The molecular weight excluding hydrogens is 1350 g/mol. The highest BCUT2D eigenvalue weighted by Gasteiger charge is 2.59. The minimum atomic E-state index is -2.32. The van der Waals surface area contributed by atoms with E-state index >= 15 is 0 Å². The molecule has 0 saturated carbocycles. The standard InChI is InChI=1S/C78H68O26/c1-46(79)93-59-56(45-92-77-66(102-74(87)54-39-23-9-24-40-54)63(100-72(85)52-35-19-7-20-36-52)60(98-70(83)50-31-15-5-16-32-50)57(96-77)43-90-68(81)48-27-11-3-12-28-48)95-76(89)65(94-47(2)80)62(59)104-78-67(103-75(88)55-41-25-10-26-42-55)64(101-73(86)53-37-21-8-22-38-53)61(99-71(84)51-33-17-6-18-34-51)58(97-78)44-91-69(82)49-29-13-4-14-30-49/h3-42,56-67,76-78,89H,43-45H2,1-2H3/t56?,57?,58?,59-,60?,61?,62?,63?,64?,65?,66?,67?,76+,77?,78?/m1/s1. The van der Waals surface area contributed by atoms with Crippen molar-refractivity contribution in [3.05, 3.63) is 287 Å². The first-order chi connectivity index (χ1) is 50.5. The maximum Gasteiger partial charge on any atom is 0.338 e. The second kappa shape index (κ2) is 35.2. The molecule has 11 rings (SSSR count). The van der Waals surface area contributed by atoms with E-state index < -0.39 is 172 Å². The molecule has 3 aliphatic heterocycles. The maximum absolute atomic E-state index is 14.7. The fraction of sp³-hybridized carbons (Fsp3) is 0.256. The van der Waals surface area contributed by atoms with E-state index in [4.69, 9.17) is 71.1 Å². The molecule has 15 atom stereocenters. The lowest BCUT2D eigenvalue weighted by atomic mass is 9.95. The van der Waals surface area contributed by atoms with Crippen molar-refractivity contribution in [2.24, 2.45) is 0 Å². The number of hydrogen-bond donors (Lipinski definition) is 1. The van der Waals surface area contributed by atoms with Crippen LogP contribution in [0.4, 0.5) is 0 Å². The molecule has 104 heavy (non-hydrogen) atoms. The average molecular weight is 1420 g/mol. The summed E-state index contributed by atoms with van der Waals surface area (Å²) in [6, 6.07) is 60.5. The third kappa shape index (κ3) is 18.8. The van der Waals surface area contributed by atoms with Crippen LogP contribution < -0.4 is 0 Å². The normalized spacial score (nSPS) is 24.1. The van der Waals surface area contributed by atoms with Gasteiger partial charge >= 0.3 is 59.7 Å². The summed E-state index contributed by atoms with van der Waals surface area (Å²) in [5, 5.41) is 12.3. The van der Waals surface area contributed by atoms with Gasteiger partial charge in [0.15, 0.2) is 67.7 Å². The van der Waals surface area contributed by atoms with Crippen LogP contribution in [-0.2, 0) is 80.6 Å². The van der Waals surface area contributed by atoms with Gasteiger partial charge in [0.1, 0.15) is 37.6 Å². The molecule has 0 radical (unpaired) electrons. The van der Waals surface area contributed by atoms with E-state index in [0.717, 1.165) is 13.8 Å². The zero-order chi connectivity index (χ0) is 73.1. The van der Waals surface area contributed by atoms with Crippen molar-refractivity contribution in [1.82, 2.24) is 0 Å². The Hall–Kier alpha value is -11.8. The predicted molar refractivity (Wildman–Crippen MR) is 357 cm³/mol. The Kier molecular flexibility index (Phi) is 24.9. The molecule has 0 amide bonds. The lowest BCUT2D eigenvalue weighted by Gasteiger charge is -2.48. The highest BCUT2D eigenvalue weighted by Crippen LogP contribution is 2.38. The van der Waals surface area contributed by atoms with Crippen molar-refractivity contribution in [2.75, 3.05) is 19.8 Å². The molecule has 3 fully saturated rings. The molecule has 0 aliphatic carbocycles. The molecule has 13 unspecified atom stereocenters. The summed E-state index contributed by atoms with van der Waals surface area (Å²) in [4.78, 5) is 142. The summed E-state index contributed by atoms with van der Waals surface area (Å²) in [6.07, 6.45) is -30.0. The second-order valence-electron chi connectivity index (χ2n) is 23.6. The third-order valence-corrected chi connectivity index (χ3v) is 16.4. The van der Waals surface area contributed by atoms with Gasteiger partial charge in [0.05, 0.1) is 51.1 Å². The average Bonchev–Trinajstić information content (AvgIpc) is 0.764. The Morgan fingerprint density at radius 3 is 0.817 bits per heavy atom. The van der Waals surface area contributed by atoms with Crippen molar-refractivity contribution in [2.45, 2.75) is 106 Å². The van der Waals surface area contributed by atoms with Gasteiger partial charge in [-0.15, -0.1) is 0 Å². The first-order valence-electron chi connectivity index (χ1n) is 32.7. The van der Waals surface area contributed by atoms with Crippen molar-refractivity contribution in [3.63, 3.8) is 0 Å². The van der Waals surface area contributed by atoms with E-state index in [0.29, 0.717) is 0 Å². The van der Waals surface area contributed by atoms with Crippen molar-refractivity contribution in [3.8, 4) is 0 Å². The van der Waals surface area contributed by atoms with Crippen molar-refractivity contribution >= 4 is 59.7 Å². The quantitative estimate of drug-likeness (QED) is 0.0414. The van der Waals surface area contributed by atoms with E-state index in [2.05, 4.69) is 0 Å². The van der Waals surface area contributed by atoms with Crippen molar-refractivity contribution in [1.29, 1.82) is 0 Å². The molecular formula is C78H68O26. The molecule has 3 saturated heterocycles. The summed E-state index contributed by atoms with van der Waals surface area (Å²) >= 11 is 0. The van der Waals surface area contributed by atoms with Gasteiger partial charge in [0.25, 0.3) is 0 Å². The lowest BCUT2D eigenvalue weighted by Crippen LogP contribution is -2.67. The van der Waals surface area contributed by atoms with Gasteiger partial charge < -0.3 is 76.2 Å². The number of carbonyl (C=O) groups is 10. The van der Waals surface area contributed by atoms with E-state index in [1.807, 2.05) is 0 Å². The molecule has 536 valence electrons. The van der Waals surface area contributed by atoms with Crippen LogP contribution in [0.5, 0.6) is 0 Å².